The van der Waals surface area contributed by atoms with Gasteiger partial charge < -0.3 is 5.73 Å². The molecule has 1 rings (SSSR count). The molecule has 0 saturated carbocycles. The van der Waals surface area contributed by atoms with Crippen molar-refractivity contribution in [3.63, 3.8) is 0 Å². The molecule has 3 heteroatoms. The normalized spacial score (nSPS) is 13.6. The van der Waals surface area contributed by atoms with E-state index in [2.05, 4.69) is 12.6 Å². The van der Waals surface area contributed by atoms with Crippen LogP contribution in [0.15, 0.2) is 30.3 Å². The van der Waals surface area contributed by atoms with Crippen LogP contribution in [0.5, 0.6) is 0 Å². The highest BCUT2D eigenvalue weighted by Gasteiger charge is 2.33. The third-order valence-corrected chi connectivity index (χ3v) is 3.38. The van der Waals surface area contributed by atoms with Gasteiger partial charge in [0.05, 0.1) is 5.41 Å². The Morgan fingerprint density at radius 3 is 2.29 bits per heavy atom. The summed E-state index contributed by atoms with van der Waals surface area (Å²) in [5.41, 5.74) is 5.70. The van der Waals surface area contributed by atoms with Crippen LogP contribution in [0.1, 0.15) is 24.7 Å². The highest BCUT2D eigenvalue weighted by molar-refractivity contribution is 7.80. The Labute approximate surface area is 89.9 Å². The van der Waals surface area contributed by atoms with E-state index in [1.165, 1.54) is 0 Å². The van der Waals surface area contributed by atoms with Crippen LogP contribution in [0.2, 0.25) is 0 Å². The van der Waals surface area contributed by atoms with Crippen molar-refractivity contribution in [1.29, 1.82) is 0 Å². The van der Waals surface area contributed by atoms with Crippen molar-refractivity contribution in [2.24, 2.45) is 11.1 Å². The van der Waals surface area contributed by atoms with Crippen LogP contribution < -0.4 is 5.73 Å². The molecule has 0 aliphatic rings. The van der Waals surface area contributed by atoms with E-state index in [4.69, 9.17) is 5.73 Å². The summed E-state index contributed by atoms with van der Waals surface area (Å²) < 4.78 is 0. The van der Waals surface area contributed by atoms with Gasteiger partial charge >= 0.3 is 0 Å². The van der Waals surface area contributed by atoms with E-state index in [1.54, 1.807) is 13.8 Å². The first-order valence-corrected chi connectivity index (χ1v) is 5.01. The Bertz CT molecular complexity index is 321. The monoisotopic (exact) mass is 209 g/mol. The number of thiol groups is 1. The topological polar surface area (TPSA) is 43.1 Å². The molecule has 14 heavy (non-hydrogen) atoms. The zero-order valence-electron chi connectivity index (χ0n) is 8.40. The Hall–Kier alpha value is -0.960. The Morgan fingerprint density at radius 1 is 1.36 bits per heavy atom. The molecular weight excluding hydrogens is 194 g/mol. The van der Waals surface area contributed by atoms with Crippen molar-refractivity contribution < 1.29 is 4.79 Å². The van der Waals surface area contributed by atoms with Crippen LogP contribution in [0.25, 0.3) is 0 Å². The molecule has 76 valence electrons. The van der Waals surface area contributed by atoms with Crippen molar-refractivity contribution in [3.8, 4) is 0 Å². The highest BCUT2D eigenvalue weighted by Crippen LogP contribution is 2.37. The van der Waals surface area contributed by atoms with E-state index in [-0.39, 0.29) is 11.2 Å². The molecule has 2 N–H and O–H groups in total. The maximum atomic E-state index is 11.2. The highest BCUT2D eigenvalue weighted by atomic mass is 32.1. The molecule has 0 fully saturated rings. The molecule has 0 saturated heterocycles. The lowest BCUT2D eigenvalue weighted by atomic mass is 9.84. The number of carbonyl (C=O) groups is 1. The van der Waals surface area contributed by atoms with Gasteiger partial charge in [0.2, 0.25) is 5.91 Å². The fraction of sp³-hybridized carbons (Fsp3) is 0.364. The van der Waals surface area contributed by atoms with Gasteiger partial charge in [-0.15, -0.1) is 0 Å². The molecule has 1 atom stereocenters. The van der Waals surface area contributed by atoms with Gasteiger partial charge in [-0.1, -0.05) is 30.3 Å². The molecule has 1 aromatic carbocycles. The van der Waals surface area contributed by atoms with E-state index >= 15 is 0 Å². The second kappa shape index (κ2) is 4.05. The molecule has 0 spiro atoms. The number of carbonyl (C=O) groups excluding carboxylic acids is 1. The zero-order valence-corrected chi connectivity index (χ0v) is 9.29. The molecule has 0 bridgehead atoms. The maximum Gasteiger partial charge on any atom is 0.224 e. The van der Waals surface area contributed by atoms with Crippen LogP contribution in [-0.2, 0) is 4.79 Å². The number of nitrogens with two attached hydrogens (primary N) is 1. The van der Waals surface area contributed by atoms with E-state index in [1.807, 2.05) is 30.3 Å². The summed E-state index contributed by atoms with van der Waals surface area (Å²) in [6.07, 6.45) is 0. The Morgan fingerprint density at radius 2 is 1.86 bits per heavy atom. The van der Waals surface area contributed by atoms with Gasteiger partial charge in [-0.25, -0.2) is 0 Å². The lowest BCUT2D eigenvalue weighted by molar-refractivity contribution is -0.126. The second-order valence-electron chi connectivity index (χ2n) is 3.90. The average Bonchev–Trinajstić information content (AvgIpc) is 2.17. The molecule has 0 radical (unpaired) electrons. The Balaban J connectivity index is 2.96. The molecule has 0 aliphatic carbocycles. The fourth-order valence-electron chi connectivity index (χ4n) is 1.19. The summed E-state index contributed by atoms with van der Waals surface area (Å²) in [6, 6.07) is 9.68. The first-order valence-electron chi connectivity index (χ1n) is 4.49. The van der Waals surface area contributed by atoms with Crippen molar-refractivity contribution in [2.75, 3.05) is 0 Å². The largest absolute Gasteiger partial charge is 0.369 e. The number of benzene rings is 1. The molecule has 1 unspecified atom stereocenters. The summed E-state index contributed by atoms with van der Waals surface area (Å²) in [5.74, 6) is -0.332. The standard InChI is InChI=1S/C11H15NOS/c1-11(2,10(12)13)9(14)8-6-4-3-5-7-8/h3-7,9,14H,1-2H3,(H2,12,13). The van der Waals surface area contributed by atoms with E-state index in [9.17, 15) is 4.79 Å². The Kier molecular flexibility index (Phi) is 3.21. The van der Waals surface area contributed by atoms with Crippen molar-refractivity contribution in [1.82, 2.24) is 0 Å². The second-order valence-corrected chi connectivity index (χ2v) is 4.42. The quantitative estimate of drug-likeness (QED) is 0.736. The van der Waals surface area contributed by atoms with Crippen molar-refractivity contribution in [3.05, 3.63) is 35.9 Å². The first-order chi connectivity index (χ1) is 6.46. The summed E-state index contributed by atoms with van der Waals surface area (Å²) in [6.45, 7) is 3.61. The smallest absolute Gasteiger partial charge is 0.224 e. The third kappa shape index (κ3) is 2.10. The third-order valence-electron chi connectivity index (χ3n) is 2.43. The van der Waals surface area contributed by atoms with Crippen molar-refractivity contribution in [2.45, 2.75) is 19.1 Å². The van der Waals surface area contributed by atoms with Crippen LogP contribution >= 0.6 is 12.6 Å². The molecule has 0 aliphatic heterocycles. The van der Waals surface area contributed by atoms with Gasteiger partial charge in [-0.05, 0) is 19.4 Å². The number of hydrogen-bond donors (Lipinski definition) is 2. The summed E-state index contributed by atoms with van der Waals surface area (Å²) in [5, 5.41) is -0.166. The summed E-state index contributed by atoms with van der Waals surface area (Å²) in [4.78, 5) is 11.2. The maximum absolute atomic E-state index is 11.2. The fourth-order valence-corrected chi connectivity index (χ4v) is 1.49. The van der Waals surface area contributed by atoms with Gasteiger partial charge in [0.25, 0.3) is 0 Å². The van der Waals surface area contributed by atoms with E-state index < -0.39 is 5.41 Å². The summed E-state index contributed by atoms with van der Waals surface area (Å²) in [7, 11) is 0. The van der Waals surface area contributed by atoms with Crippen LogP contribution in [0, 0.1) is 5.41 Å². The molecular formula is C11H15NOS. The molecule has 0 heterocycles. The SMILES string of the molecule is CC(C)(C(N)=O)C(S)c1ccccc1. The molecule has 1 aromatic rings. The van der Waals surface area contributed by atoms with Crippen LogP contribution in [0.4, 0.5) is 0 Å². The first kappa shape index (κ1) is 11.1. The lowest BCUT2D eigenvalue weighted by Crippen LogP contribution is -2.35. The van der Waals surface area contributed by atoms with Gasteiger partial charge in [0, 0.05) is 5.25 Å². The van der Waals surface area contributed by atoms with E-state index in [0.717, 1.165) is 5.56 Å². The van der Waals surface area contributed by atoms with Gasteiger partial charge in [-0.3, -0.25) is 4.79 Å². The summed E-state index contributed by atoms with van der Waals surface area (Å²) >= 11 is 4.44. The molecule has 0 aromatic heterocycles. The number of hydrogen-bond acceptors (Lipinski definition) is 2. The van der Waals surface area contributed by atoms with Crippen LogP contribution in [0.3, 0.4) is 0 Å². The van der Waals surface area contributed by atoms with Gasteiger partial charge in [0.1, 0.15) is 0 Å². The minimum atomic E-state index is -0.634. The van der Waals surface area contributed by atoms with Gasteiger partial charge in [0.15, 0.2) is 0 Å². The minimum Gasteiger partial charge on any atom is -0.369 e. The lowest BCUT2D eigenvalue weighted by Gasteiger charge is -2.27. The molecule has 2 nitrogen and oxygen atoms in total. The van der Waals surface area contributed by atoms with E-state index in [0.29, 0.717) is 0 Å². The number of amides is 1. The van der Waals surface area contributed by atoms with Crippen molar-refractivity contribution >= 4 is 18.5 Å². The minimum absolute atomic E-state index is 0.166. The van der Waals surface area contributed by atoms with Crippen LogP contribution in [-0.4, -0.2) is 5.91 Å². The predicted molar refractivity (Wildman–Crippen MR) is 61.1 cm³/mol. The number of primary amides is 1. The number of rotatable bonds is 3. The average molecular weight is 209 g/mol. The molecule has 1 amide bonds. The van der Waals surface area contributed by atoms with Gasteiger partial charge in [-0.2, -0.15) is 12.6 Å². The predicted octanol–water partition coefficient (Wildman–Crippen LogP) is 2.17. The zero-order chi connectivity index (χ0) is 10.8.